The third-order valence-electron chi connectivity index (χ3n) is 4.98. The molecule has 0 radical (unpaired) electrons. The molecule has 1 aliphatic carbocycles. The molecule has 1 aromatic heterocycles. The van der Waals surface area contributed by atoms with Gasteiger partial charge in [0.25, 0.3) is 0 Å². The highest BCUT2D eigenvalue weighted by molar-refractivity contribution is 5.85. The van der Waals surface area contributed by atoms with Crippen LogP contribution in [0, 0.1) is 0 Å². The Morgan fingerprint density at radius 3 is 2.62 bits per heavy atom. The Morgan fingerprint density at radius 2 is 1.90 bits per heavy atom. The van der Waals surface area contributed by atoms with Crippen LogP contribution in [0.15, 0.2) is 36.7 Å². The number of rotatable bonds is 3. The topological polar surface area (TPSA) is 48.1 Å². The summed E-state index contributed by atoms with van der Waals surface area (Å²) in [5, 5.41) is 2.34. The molecule has 0 bridgehead atoms. The summed E-state index contributed by atoms with van der Waals surface area (Å²) in [6.07, 6.45) is 10.8. The SMILES string of the molecule is COC1(C(N)c2cccc3ccncc23)CCCCCC1. The first-order valence-electron chi connectivity index (χ1n) is 7.90. The van der Waals surface area contributed by atoms with Crippen LogP contribution in [0.4, 0.5) is 0 Å². The number of nitrogens with zero attached hydrogens (tertiary/aromatic N) is 1. The van der Waals surface area contributed by atoms with Crippen LogP contribution in [0.5, 0.6) is 0 Å². The molecule has 112 valence electrons. The molecule has 1 aliphatic rings. The minimum Gasteiger partial charge on any atom is -0.376 e. The standard InChI is InChI=1S/C18H24N2O/c1-21-18(10-4-2-3-5-11-18)17(19)15-8-6-7-14-9-12-20-13-16(14)15/h6-9,12-13,17H,2-5,10-11,19H2,1H3. The average Bonchev–Trinajstić information content (AvgIpc) is 2.80. The van der Waals surface area contributed by atoms with Gasteiger partial charge >= 0.3 is 0 Å². The third kappa shape index (κ3) is 2.68. The van der Waals surface area contributed by atoms with Gasteiger partial charge in [0.2, 0.25) is 0 Å². The Hall–Kier alpha value is -1.45. The van der Waals surface area contributed by atoms with Gasteiger partial charge in [-0.2, -0.15) is 0 Å². The number of hydrogen-bond donors (Lipinski definition) is 1. The van der Waals surface area contributed by atoms with Gasteiger partial charge in [-0.15, -0.1) is 0 Å². The van der Waals surface area contributed by atoms with Gasteiger partial charge in [0.05, 0.1) is 11.6 Å². The van der Waals surface area contributed by atoms with Crippen LogP contribution >= 0.6 is 0 Å². The highest BCUT2D eigenvalue weighted by atomic mass is 16.5. The molecular formula is C18H24N2O. The van der Waals surface area contributed by atoms with Crippen LogP contribution in [0.1, 0.15) is 50.1 Å². The number of nitrogens with two attached hydrogens (primary N) is 1. The molecule has 1 unspecified atom stereocenters. The van der Waals surface area contributed by atoms with E-state index in [1.54, 1.807) is 0 Å². The summed E-state index contributed by atoms with van der Waals surface area (Å²) in [5.74, 6) is 0. The molecule has 1 fully saturated rings. The van der Waals surface area contributed by atoms with E-state index in [1.165, 1.54) is 31.1 Å². The van der Waals surface area contributed by atoms with Gasteiger partial charge < -0.3 is 10.5 Å². The zero-order valence-electron chi connectivity index (χ0n) is 12.7. The lowest BCUT2D eigenvalue weighted by Gasteiger charge is -2.37. The minimum atomic E-state index is -0.235. The molecule has 2 N–H and O–H groups in total. The highest BCUT2D eigenvalue weighted by Crippen LogP contribution is 2.40. The van der Waals surface area contributed by atoms with E-state index < -0.39 is 0 Å². The molecule has 1 heterocycles. The molecule has 2 aromatic rings. The van der Waals surface area contributed by atoms with Crippen molar-refractivity contribution in [1.29, 1.82) is 0 Å². The molecule has 1 atom stereocenters. The highest BCUT2D eigenvalue weighted by Gasteiger charge is 2.38. The molecule has 21 heavy (non-hydrogen) atoms. The van der Waals surface area contributed by atoms with Crippen LogP contribution < -0.4 is 5.73 Å². The van der Waals surface area contributed by atoms with Crippen LogP contribution in [-0.4, -0.2) is 17.7 Å². The fraction of sp³-hybridized carbons (Fsp3) is 0.500. The maximum absolute atomic E-state index is 6.70. The van der Waals surface area contributed by atoms with E-state index in [-0.39, 0.29) is 11.6 Å². The van der Waals surface area contributed by atoms with Crippen molar-refractivity contribution in [2.75, 3.05) is 7.11 Å². The first-order valence-corrected chi connectivity index (χ1v) is 7.90. The van der Waals surface area contributed by atoms with Crippen molar-refractivity contribution >= 4 is 10.8 Å². The summed E-state index contributed by atoms with van der Waals surface area (Å²) in [5.41, 5.74) is 7.62. The average molecular weight is 284 g/mol. The number of methoxy groups -OCH3 is 1. The summed E-state index contributed by atoms with van der Waals surface area (Å²) in [7, 11) is 1.81. The Kier molecular flexibility index (Phi) is 4.22. The van der Waals surface area contributed by atoms with Crippen LogP contribution in [0.25, 0.3) is 10.8 Å². The number of hydrogen-bond acceptors (Lipinski definition) is 3. The summed E-state index contributed by atoms with van der Waals surface area (Å²) < 4.78 is 5.98. The lowest BCUT2D eigenvalue weighted by atomic mass is 9.81. The van der Waals surface area contributed by atoms with E-state index in [2.05, 4.69) is 23.2 Å². The van der Waals surface area contributed by atoms with Crippen molar-refractivity contribution in [3.05, 3.63) is 42.2 Å². The number of ether oxygens (including phenoxy) is 1. The van der Waals surface area contributed by atoms with Gasteiger partial charge in [0, 0.05) is 24.9 Å². The second-order valence-electron chi connectivity index (χ2n) is 6.10. The van der Waals surface area contributed by atoms with Crippen molar-refractivity contribution < 1.29 is 4.74 Å². The Balaban J connectivity index is 2.03. The van der Waals surface area contributed by atoms with E-state index in [9.17, 15) is 0 Å². The summed E-state index contributed by atoms with van der Waals surface area (Å²) >= 11 is 0. The normalized spacial score (nSPS) is 20.1. The van der Waals surface area contributed by atoms with Crippen LogP contribution in [0.2, 0.25) is 0 Å². The molecule has 3 heteroatoms. The predicted octanol–water partition coefficient (Wildman–Crippen LogP) is 3.97. The van der Waals surface area contributed by atoms with Crippen LogP contribution in [-0.2, 0) is 4.74 Å². The van der Waals surface area contributed by atoms with E-state index in [1.807, 2.05) is 25.6 Å². The quantitative estimate of drug-likeness (QED) is 0.867. The fourth-order valence-corrected chi connectivity index (χ4v) is 3.66. The van der Waals surface area contributed by atoms with E-state index in [0.717, 1.165) is 23.8 Å². The van der Waals surface area contributed by atoms with Gasteiger partial charge in [0.1, 0.15) is 0 Å². The molecule has 3 rings (SSSR count). The van der Waals surface area contributed by atoms with Gasteiger partial charge in [-0.1, -0.05) is 43.9 Å². The van der Waals surface area contributed by atoms with Gasteiger partial charge in [-0.05, 0) is 29.9 Å². The molecule has 1 saturated carbocycles. The van der Waals surface area contributed by atoms with Crippen molar-refractivity contribution in [3.63, 3.8) is 0 Å². The maximum atomic E-state index is 6.70. The zero-order chi connectivity index (χ0) is 14.7. The third-order valence-corrected chi connectivity index (χ3v) is 4.98. The fourth-order valence-electron chi connectivity index (χ4n) is 3.66. The zero-order valence-corrected chi connectivity index (χ0v) is 12.7. The van der Waals surface area contributed by atoms with Crippen molar-refractivity contribution in [1.82, 2.24) is 4.98 Å². The lowest BCUT2D eigenvalue weighted by Crippen LogP contribution is -2.42. The molecule has 0 amide bonds. The molecule has 1 aromatic carbocycles. The largest absolute Gasteiger partial charge is 0.376 e. The minimum absolute atomic E-state index is 0.103. The lowest BCUT2D eigenvalue weighted by molar-refractivity contribution is -0.0439. The second-order valence-corrected chi connectivity index (χ2v) is 6.10. The number of benzene rings is 1. The van der Waals surface area contributed by atoms with Gasteiger partial charge in [-0.25, -0.2) is 0 Å². The van der Waals surface area contributed by atoms with E-state index in [4.69, 9.17) is 10.5 Å². The molecule has 0 aliphatic heterocycles. The van der Waals surface area contributed by atoms with Crippen LogP contribution in [0.3, 0.4) is 0 Å². The van der Waals surface area contributed by atoms with E-state index >= 15 is 0 Å². The van der Waals surface area contributed by atoms with Crippen molar-refractivity contribution in [2.24, 2.45) is 5.73 Å². The summed E-state index contributed by atoms with van der Waals surface area (Å²) in [4.78, 5) is 4.27. The van der Waals surface area contributed by atoms with E-state index in [0.29, 0.717) is 0 Å². The first-order chi connectivity index (χ1) is 10.3. The van der Waals surface area contributed by atoms with Crippen molar-refractivity contribution in [3.8, 4) is 0 Å². The molecule has 0 spiro atoms. The number of pyridine rings is 1. The number of aromatic nitrogens is 1. The predicted molar refractivity (Wildman–Crippen MR) is 86.1 cm³/mol. The Bertz CT molecular complexity index is 598. The number of fused-ring (bicyclic) bond motifs is 1. The molecular weight excluding hydrogens is 260 g/mol. The Labute approximate surface area is 126 Å². The van der Waals surface area contributed by atoms with Gasteiger partial charge in [-0.3, -0.25) is 4.98 Å². The molecule has 0 saturated heterocycles. The Morgan fingerprint density at radius 1 is 1.14 bits per heavy atom. The van der Waals surface area contributed by atoms with Crippen molar-refractivity contribution in [2.45, 2.75) is 50.2 Å². The summed E-state index contributed by atoms with van der Waals surface area (Å²) in [6.45, 7) is 0. The smallest absolute Gasteiger partial charge is 0.0870 e. The molecule has 3 nitrogen and oxygen atoms in total. The monoisotopic (exact) mass is 284 g/mol. The van der Waals surface area contributed by atoms with Gasteiger partial charge in [0.15, 0.2) is 0 Å². The first kappa shape index (κ1) is 14.5. The maximum Gasteiger partial charge on any atom is 0.0870 e. The summed E-state index contributed by atoms with van der Waals surface area (Å²) in [6, 6.07) is 8.25. The second kappa shape index (κ2) is 6.12.